The Balaban J connectivity index is 0. The summed E-state index contributed by atoms with van der Waals surface area (Å²) < 4.78 is 0. The summed E-state index contributed by atoms with van der Waals surface area (Å²) in [5, 5.41) is 8.74. The van der Waals surface area contributed by atoms with Gasteiger partial charge in [0.15, 0.2) is 0 Å². The summed E-state index contributed by atoms with van der Waals surface area (Å²) in [4.78, 5) is 0. The molecule has 0 aliphatic heterocycles. The SMILES string of the molecule is C#CC(C)C.C=CC(C)(C)C.CC(C)(C)C1(C#N)CC1. The van der Waals surface area contributed by atoms with Crippen molar-refractivity contribution in [3.05, 3.63) is 12.7 Å². The van der Waals surface area contributed by atoms with Gasteiger partial charge in [0.1, 0.15) is 0 Å². The molecular weight excluding hydrogens is 242 g/mol. The quantitative estimate of drug-likeness (QED) is 0.403. The topological polar surface area (TPSA) is 23.8 Å². The predicted octanol–water partition coefficient (Wildman–Crippen LogP) is 5.83. The molecule has 0 saturated heterocycles. The lowest BCUT2D eigenvalue weighted by Gasteiger charge is -2.23. The van der Waals surface area contributed by atoms with E-state index in [0.717, 1.165) is 12.8 Å². The largest absolute Gasteiger partial charge is 0.198 e. The van der Waals surface area contributed by atoms with E-state index >= 15 is 0 Å². The van der Waals surface area contributed by atoms with Gasteiger partial charge in [0.25, 0.3) is 0 Å². The standard InChI is InChI=1S/C8H13N.C6H12.C5H8/c1-7(2,3)8(6-9)4-5-8;1-5-6(2,3)4;1-4-5(2)3/h4-5H2,1-3H3;5H,1H2,2-4H3;1,5H,2-3H3. The van der Waals surface area contributed by atoms with E-state index in [-0.39, 0.29) is 10.8 Å². The fourth-order valence-electron chi connectivity index (χ4n) is 1.15. The van der Waals surface area contributed by atoms with Gasteiger partial charge in [-0.05, 0) is 23.7 Å². The van der Waals surface area contributed by atoms with E-state index < -0.39 is 0 Å². The van der Waals surface area contributed by atoms with Crippen LogP contribution < -0.4 is 0 Å². The lowest BCUT2D eigenvalue weighted by molar-refractivity contribution is 0.279. The molecular formula is C19H33N. The van der Waals surface area contributed by atoms with E-state index in [1.165, 1.54) is 0 Å². The Morgan fingerprint density at radius 1 is 1.15 bits per heavy atom. The summed E-state index contributed by atoms with van der Waals surface area (Å²) in [6.07, 6.45) is 9.07. The van der Waals surface area contributed by atoms with Crippen molar-refractivity contribution >= 4 is 0 Å². The molecule has 1 heteroatoms. The first-order valence-corrected chi connectivity index (χ1v) is 7.36. The second kappa shape index (κ2) is 8.16. The zero-order valence-corrected chi connectivity index (χ0v) is 14.8. The molecule has 1 aliphatic rings. The van der Waals surface area contributed by atoms with E-state index in [2.05, 4.69) is 60.1 Å². The molecule has 1 nitrogen and oxygen atoms in total. The fraction of sp³-hybridized carbons (Fsp3) is 0.737. The van der Waals surface area contributed by atoms with Crippen molar-refractivity contribution in [1.82, 2.24) is 0 Å². The maximum Gasteiger partial charge on any atom is 0.0695 e. The molecule has 1 saturated carbocycles. The minimum absolute atomic E-state index is 0.0347. The number of allylic oxidation sites excluding steroid dienone is 1. The zero-order valence-electron chi connectivity index (χ0n) is 14.8. The smallest absolute Gasteiger partial charge is 0.0695 e. The highest BCUT2D eigenvalue weighted by Gasteiger charge is 2.52. The van der Waals surface area contributed by atoms with E-state index in [1.54, 1.807) is 0 Å². The van der Waals surface area contributed by atoms with Crippen LogP contribution in [0.3, 0.4) is 0 Å². The van der Waals surface area contributed by atoms with Crippen molar-refractivity contribution < 1.29 is 0 Å². The minimum Gasteiger partial charge on any atom is -0.198 e. The molecule has 0 spiro atoms. The molecule has 0 amide bonds. The molecule has 20 heavy (non-hydrogen) atoms. The molecule has 114 valence electrons. The molecule has 0 atom stereocenters. The fourth-order valence-corrected chi connectivity index (χ4v) is 1.15. The lowest BCUT2D eigenvalue weighted by atomic mass is 9.79. The van der Waals surface area contributed by atoms with Gasteiger partial charge in [0.05, 0.1) is 11.5 Å². The van der Waals surface area contributed by atoms with Gasteiger partial charge in [-0.3, -0.25) is 0 Å². The van der Waals surface area contributed by atoms with Crippen LogP contribution in [-0.2, 0) is 0 Å². The maximum atomic E-state index is 8.74. The average Bonchev–Trinajstić information content (AvgIpc) is 3.09. The van der Waals surface area contributed by atoms with Crippen LogP contribution in [0.1, 0.15) is 68.2 Å². The van der Waals surface area contributed by atoms with Crippen LogP contribution in [0, 0.1) is 45.8 Å². The normalized spacial score (nSPS) is 15.6. The minimum atomic E-state index is 0.0347. The molecule has 0 aromatic carbocycles. The lowest BCUT2D eigenvalue weighted by Crippen LogP contribution is -2.19. The van der Waals surface area contributed by atoms with Crippen molar-refractivity contribution in [3.8, 4) is 18.4 Å². The number of nitrogens with zero attached hydrogens (tertiary/aromatic N) is 1. The Morgan fingerprint density at radius 3 is 1.45 bits per heavy atom. The predicted molar refractivity (Wildman–Crippen MR) is 90.1 cm³/mol. The van der Waals surface area contributed by atoms with Crippen LogP contribution in [0.15, 0.2) is 12.7 Å². The monoisotopic (exact) mass is 275 g/mol. The highest BCUT2D eigenvalue weighted by atomic mass is 14.6. The Labute approximate surface area is 127 Å². The average molecular weight is 275 g/mol. The maximum absolute atomic E-state index is 8.74. The van der Waals surface area contributed by atoms with Gasteiger partial charge < -0.3 is 0 Å². The van der Waals surface area contributed by atoms with Crippen molar-refractivity contribution in [1.29, 1.82) is 5.26 Å². The third kappa shape index (κ3) is 9.69. The summed E-state index contributed by atoms with van der Waals surface area (Å²) in [7, 11) is 0. The first-order chi connectivity index (χ1) is 8.85. The molecule has 1 fully saturated rings. The molecule has 1 aliphatic carbocycles. The van der Waals surface area contributed by atoms with Crippen LogP contribution in [0.25, 0.3) is 0 Å². The number of nitriles is 1. The van der Waals surface area contributed by atoms with E-state index in [4.69, 9.17) is 11.7 Å². The summed E-state index contributed by atoms with van der Waals surface area (Å²) in [5.74, 6) is 2.94. The Kier molecular flexibility index (Phi) is 8.61. The molecule has 0 aromatic rings. The van der Waals surface area contributed by atoms with Crippen molar-refractivity contribution in [3.63, 3.8) is 0 Å². The highest BCUT2D eigenvalue weighted by molar-refractivity contribution is 5.15. The number of rotatable bonds is 0. The van der Waals surface area contributed by atoms with Gasteiger partial charge in [0, 0.05) is 5.92 Å². The first-order valence-electron chi connectivity index (χ1n) is 7.36. The molecule has 1 rings (SSSR count). The van der Waals surface area contributed by atoms with Crippen LogP contribution in [-0.4, -0.2) is 0 Å². The van der Waals surface area contributed by atoms with Crippen LogP contribution in [0.4, 0.5) is 0 Å². The number of hydrogen-bond donors (Lipinski definition) is 0. The molecule has 0 heterocycles. The second-order valence-electron chi connectivity index (χ2n) is 7.84. The van der Waals surface area contributed by atoms with Crippen molar-refractivity contribution in [2.24, 2.45) is 22.2 Å². The first kappa shape index (κ1) is 21.1. The van der Waals surface area contributed by atoms with Gasteiger partial charge in [-0.2, -0.15) is 5.26 Å². The molecule has 0 radical (unpaired) electrons. The Hall–Kier alpha value is -1.21. The third-order valence-electron chi connectivity index (χ3n) is 3.35. The van der Waals surface area contributed by atoms with Gasteiger partial charge in [-0.1, -0.05) is 61.5 Å². The second-order valence-corrected chi connectivity index (χ2v) is 7.84. The van der Waals surface area contributed by atoms with Crippen molar-refractivity contribution in [2.75, 3.05) is 0 Å². The highest BCUT2D eigenvalue weighted by Crippen LogP contribution is 2.57. The van der Waals surface area contributed by atoms with Gasteiger partial charge in [-0.25, -0.2) is 0 Å². The van der Waals surface area contributed by atoms with E-state index in [0.29, 0.717) is 11.3 Å². The Morgan fingerprint density at radius 2 is 1.45 bits per heavy atom. The Bertz CT molecular complexity index is 357. The van der Waals surface area contributed by atoms with E-state index in [9.17, 15) is 0 Å². The molecule has 0 N–H and O–H groups in total. The van der Waals surface area contributed by atoms with Crippen LogP contribution in [0.5, 0.6) is 0 Å². The van der Waals surface area contributed by atoms with Crippen molar-refractivity contribution in [2.45, 2.75) is 68.2 Å². The molecule has 0 bridgehead atoms. The van der Waals surface area contributed by atoms with Gasteiger partial charge >= 0.3 is 0 Å². The number of hydrogen-bond acceptors (Lipinski definition) is 1. The summed E-state index contributed by atoms with van der Waals surface area (Å²) in [6, 6.07) is 2.39. The van der Waals surface area contributed by atoms with Gasteiger partial charge in [0.2, 0.25) is 0 Å². The zero-order chi connectivity index (χ0) is 16.6. The molecule has 0 unspecified atom stereocenters. The number of terminal acetylenes is 1. The van der Waals surface area contributed by atoms with Crippen LogP contribution in [0.2, 0.25) is 0 Å². The van der Waals surface area contributed by atoms with Gasteiger partial charge in [-0.15, -0.1) is 18.9 Å². The van der Waals surface area contributed by atoms with Crippen LogP contribution >= 0.6 is 0 Å². The van der Waals surface area contributed by atoms with E-state index in [1.807, 2.05) is 19.9 Å². The molecule has 0 aromatic heterocycles. The summed E-state index contributed by atoms with van der Waals surface area (Å²) in [6.45, 7) is 20.4. The summed E-state index contributed by atoms with van der Waals surface area (Å²) in [5.41, 5.74) is 0.536. The third-order valence-corrected chi connectivity index (χ3v) is 3.35. The summed E-state index contributed by atoms with van der Waals surface area (Å²) >= 11 is 0.